The molecule has 2 rings (SSSR count). The molecular weight excluding hydrogens is 270 g/mol. The second-order valence-electron chi connectivity index (χ2n) is 4.53. The van der Waals surface area contributed by atoms with Gasteiger partial charge in [-0.15, -0.1) is 0 Å². The standard InChI is InChI=1S/C16H17NO4/c1-11-14(9-17-10-15(11)16(18)19)12-3-5-13(6-4-12)21-8-7-20-2/h3-6,9-10H,7-8H2,1-2H3,(H,18,19). The number of nitrogens with zero attached hydrogens (tertiary/aromatic N) is 1. The molecule has 0 saturated carbocycles. The van der Waals surface area contributed by atoms with Gasteiger partial charge in [0.2, 0.25) is 0 Å². The summed E-state index contributed by atoms with van der Waals surface area (Å²) in [6.45, 7) is 2.81. The molecule has 110 valence electrons. The largest absolute Gasteiger partial charge is 0.491 e. The van der Waals surface area contributed by atoms with E-state index >= 15 is 0 Å². The third kappa shape index (κ3) is 3.58. The molecule has 2 aromatic rings. The van der Waals surface area contributed by atoms with E-state index in [-0.39, 0.29) is 5.56 Å². The van der Waals surface area contributed by atoms with Gasteiger partial charge in [-0.05, 0) is 30.2 Å². The molecular formula is C16H17NO4. The van der Waals surface area contributed by atoms with Gasteiger partial charge in [0.1, 0.15) is 12.4 Å². The maximum absolute atomic E-state index is 11.1. The van der Waals surface area contributed by atoms with Crippen LogP contribution in [0.15, 0.2) is 36.7 Å². The summed E-state index contributed by atoms with van der Waals surface area (Å²) in [5.41, 5.74) is 2.62. The van der Waals surface area contributed by atoms with E-state index in [1.807, 2.05) is 24.3 Å². The van der Waals surface area contributed by atoms with Crippen molar-refractivity contribution in [3.63, 3.8) is 0 Å². The second kappa shape index (κ2) is 6.85. The first-order valence-electron chi connectivity index (χ1n) is 6.53. The zero-order valence-corrected chi connectivity index (χ0v) is 12.0. The highest BCUT2D eigenvalue weighted by atomic mass is 16.5. The fraction of sp³-hybridized carbons (Fsp3) is 0.250. The van der Waals surface area contributed by atoms with Crippen LogP contribution in [0.25, 0.3) is 11.1 Å². The van der Waals surface area contributed by atoms with E-state index in [1.165, 1.54) is 6.20 Å². The van der Waals surface area contributed by atoms with E-state index in [2.05, 4.69) is 4.98 Å². The minimum atomic E-state index is -0.971. The van der Waals surface area contributed by atoms with Gasteiger partial charge < -0.3 is 14.6 Å². The summed E-state index contributed by atoms with van der Waals surface area (Å²) in [4.78, 5) is 15.1. The third-order valence-corrected chi connectivity index (χ3v) is 3.17. The number of ether oxygens (including phenoxy) is 2. The zero-order chi connectivity index (χ0) is 15.2. The molecule has 0 amide bonds. The molecule has 1 aromatic heterocycles. The van der Waals surface area contributed by atoms with E-state index in [1.54, 1.807) is 20.2 Å². The number of hydrogen-bond acceptors (Lipinski definition) is 4. The molecule has 0 aliphatic rings. The Bertz CT molecular complexity index is 623. The highest BCUT2D eigenvalue weighted by molar-refractivity contribution is 5.91. The number of carbonyl (C=O) groups is 1. The third-order valence-electron chi connectivity index (χ3n) is 3.17. The highest BCUT2D eigenvalue weighted by Crippen LogP contribution is 2.26. The molecule has 0 unspecified atom stereocenters. The molecule has 0 fully saturated rings. The Morgan fingerprint density at radius 2 is 1.90 bits per heavy atom. The Balaban J connectivity index is 2.23. The molecule has 0 saturated heterocycles. The highest BCUT2D eigenvalue weighted by Gasteiger charge is 2.12. The monoisotopic (exact) mass is 287 g/mol. The number of aromatic nitrogens is 1. The van der Waals surface area contributed by atoms with Crippen LogP contribution < -0.4 is 4.74 Å². The average Bonchev–Trinajstić information content (AvgIpc) is 2.48. The zero-order valence-electron chi connectivity index (χ0n) is 12.0. The number of methoxy groups -OCH3 is 1. The summed E-state index contributed by atoms with van der Waals surface area (Å²) in [6.07, 6.45) is 3.03. The second-order valence-corrected chi connectivity index (χ2v) is 4.53. The maximum Gasteiger partial charge on any atom is 0.337 e. The van der Waals surface area contributed by atoms with E-state index in [4.69, 9.17) is 14.6 Å². The minimum Gasteiger partial charge on any atom is -0.491 e. The number of carboxylic acid groups (broad SMARTS) is 1. The van der Waals surface area contributed by atoms with Crippen molar-refractivity contribution in [1.29, 1.82) is 0 Å². The fourth-order valence-electron chi connectivity index (χ4n) is 2.01. The van der Waals surface area contributed by atoms with Crippen LogP contribution in [-0.2, 0) is 4.74 Å². The Morgan fingerprint density at radius 1 is 1.19 bits per heavy atom. The van der Waals surface area contributed by atoms with Crippen LogP contribution in [0.2, 0.25) is 0 Å². The predicted molar refractivity (Wildman–Crippen MR) is 78.7 cm³/mol. The first-order chi connectivity index (χ1) is 10.1. The summed E-state index contributed by atoms with van der Waals surface area (Å²) in [6, 6.07) is 7.46. The molecule has 1 aromatic carbocycles. The lowest BCUT2D eigenvalue weighted by Gasteiger charge is -2.10. The topological polar surface area (TPSA) is 68.7 Å². The molecule has 0 aliphatic heterocycles. The maximum atomic E-state index is 11.1. The Hall–Kier alpha value is -2.40. The van der Waals surface area contributed by atoms with Gasteiger partial charge in [0.15, 0.2) is 0 Å². The van der Waals surface area contributed by atoms with Crippen LogP contribution in [0.5, 0.6) is 5.75 Å². The van der Waals surface area contributed by atoms with Crippen LogP contribution in [0.1, 0.15) is 15.9 Å². The summed E-state index contributed by atoms with van der Waals surface area (Å²) < 4.78 is 10.4. The van der Waals surface area contributed by atoms with Gasteiger partial charge in [0.05, 0.1) is 12.2 Å². The number of carboxylic acids is 1. The van der Waals surface area contributed by atoms with E-state index in [0.717, 1.165) is 16.9 Å². The lowest BCUT2D eigenvalue weighted by atomic mass is 9.99. The molecule has 21 heavy (non-hydrogen) atoms. The summed E-state index contributed by atoms with van der Waals surface area (Å²) in [5.74, 6) is -0.225. The van der Waals surface area contributed by atoms with Crippen LogP contribution in [0, 0.1) is 6.92 Å². The molecule has 5 heteroatoms. The molecule has 5 nitrogen and oxygen atoms in total. The summed E-state index contributed by atoms with van der Waals surface area (Å²) >= 11 is 0. The van der Waals surface area contributed by atoms with E-state index < -0.39 is 5.97 Å². The molecule has 0 radical (unpaired) electrons. The molecule has 0 bridgehead atoms. The van der Waals surface area contributed by atoms with Crippen molar-refractivity contribution < 1.29 is 19.4 Å². The number of aromatic carboxylic acids is 1. The van der Waals surface area contributed by atoms with Crippen LogP contribution >= 0.6 is 0 Å². The van der Waals surface area contributed by atoms with Crippen molar-refractivity contribution in [2.45, 2.75) is 6.92 Å². The SMILES string of the molecule is COCCOc1ccc(-c2cncc(C(=O)O)c2C)cc1. The van der Waals surface area contributed by atoms with Crippen molar-refractivity contribution in [2.75, 3.05) is 20.3 Å². The summed E-state index contributed by atoms with van der Waals surface area (Å²) in [5, 5.41) is 9.13. The molecule has 0 atom stereocenters. The Morgan fingerprint density at radius 3 is 2.52 bits per heavy atom. The summed E-state index contributed by atoms with van der Waals surface area (Å²) in [7, 11) is 1.62. The van der Waals surface area contributed by atoms with Gasteiger partial charge in [0, 0.05) is 25.1 Å². The minimum absolute atomic E-state index is 0.216. The lowest BCUT2D eigenvalue weighted by molar-refractivity contribution is 0.0695. The van der Waals surface area contributed by atoms with Crippen molar-refractivity contribution >= 4 is 5.97 Å². The van der Waals surface area contributed by atoms with Crippen LogP contribution in [0.4, 0.5) is 0 Å². The predicted octanol–water partition coefficient (Wildman–Crippen LogP) is 2.78. The van der Waals surface area contributed by atoms with Crippen LogP contribution in [-0.4, -0.2) is 36.4 Å². The van der Waals surface area contributed by atoms with Crippen molar-refractivity contribution in [2.24, 2.45) is 0 Å². The van der Waals surface area contributed by atoms with Gasteiger partial charge in [-0.2, -0.15) is 0 Å². The lowest BCUT2D eigenvalue weighted by Crippen LogP contribution is -2.04. The van der Waals surface area contributed by atoms with Gasteiger partial charge in [0.25, 0.3) is 0 Å². The van der Waals surface area contributed by atoms with Gasteiger partial charge >= 0.3 is 5.97 Å². The molecule has 1 heterocycles. The number of pyridine rings is 1. The number of hydrogen-bond donors (Lipinski definition) is 1. The van der Waals surface area contributed by atoms with Crippen molar-refractivity contribution in [3.8, 4) is 16.9 Å². The van der Waals surface area contributed by atoms with E-state index in [0.29, 0.717) is 18.8 Å². The molecule has 0 spiro atoms. The quantitative estimate of drug-likeness (QED) is 0.827. The first-order valence-corrected chi connectivity index (χ1v) is 6.53. The van der Waals surface area contributed by atoms with E-state index in [9.17, 15) is 4.79 Å². The van der Waals surface area contributed by atoms with Gasteiger partial charge in [-0.3, -0.25) is 4.98 Å². The average molecular weight is 287 g/mol. The molecule has 0 aliphatic carbocycles. The van der Waals surface area contributed by atoms with Gasteiger partial charge in [-0.1, -0.05) is 12.1 Å². The number of rotatable bonds is 6. The fourth-order valence-corrected chi connectivity index (χ4v) is 2.01. The Kier molecular flexibility index (Phi) is 4.90. The smallest absolute Gasteiger partial charge is 0.337 e. The van der Waals surface area contributed by atoms with Crippen molar-refractivity contribution in [1.82, 2.24) is 4.98 Å². The van der Waals surface area contributed by atoms with Crippen molar-refractivity contribution in [3.05, 3.63) is 47.8 Å². The van der Waals surface area contributed by atoms with Crippen LogP contribution in [0.3, 0.4) is 0 Å². The Labute approximate surface area is 123 Å². The number of benzene rings is 1. The van der Waals surface area contributed by atoms with Gasteiger partial charge in [-0.25, -0.2) is 4.79 Å². The normalized spacial score (nSPS) is 10.4. The first kappa shape index (κ1) is 15.0. The molecule has 1 N–H and O–H groups in total.